The van der Waals surface area contributed by atoms with Crippen LogP contribution in [0.3, 0.4) is 0 Å². The molecule has 5 heteroatoms. The summed E-state index contributed by atoms with van der Waals surface area (Å²) in [6.07, 6.45) is 0.525. The third-order valence-electron chi connectivity index (χ3n) is 2.89. The molecule has 1 rings (SSSR count). The van der Waals surface area contributed by atoms with E-state index in [2.05, 4.69) is 21.2 Å². The highest BCUT2D eigenvalue weighted by Crippen LogP contribution is 2.23. The third-order valence-corrected chi connectivity index (χ3v) is 3.57. The monoisotopic (exact) mass is 347 g/mol. The molecule has 0 aromatic heterocycles. The average molecular weight is 349 g/mol. The fourth-order valence-corrected chi connectivity index (χ4v) is 2.64. The standard InChI is InChI=1S/C14H19BrClNO2/c1-14(2,3)12(4-5-18)17-13(19)9-6-10(15)8-11(16)7-9/h6-8,12,18H,4-5H2,1-3H3,(H,17,19). The fraction of sp³-hybridized carbons (Fsp3) is 0.500. The van der Waals surface area contributed by atoms with Crippen molar-refractivity contribution in [2.24, 2.45) is 5.41 Å². The van der Waals surface area contributed by atoms with E-state index in [-0.39, 0.29) is 24.0 Å². The van der Waals surface area contributed by atoms with Crippen LogP contribution in [0.4, 0.5) is 0 Å². The molecule has 0 radical (unpaired) electrons. The largest absolute Gasteiger partial charge is 0.396 e. The number of aliphatic hydroxyl groups is 1. The van der Waals surface area contributed by atoms with Crippen molar-refractivity contribution in [1.29, 1.82) is 0 Å². The van der Waals surface area contributed by atoms with E-state index in [4.69, 9.17) is 16.7 Å². The first kappa shape index (κ1) is 16.5. The molecule has 1 amide bonds. The molecule has 0 saturated heterocycles. The maximum Gasteiger partial charge on any atom is 0.251 e. The first-order chi connectivity index (χ1) is 8.74. The minimum Gasteiger partial charge on any atom is -0.396 e. The number of carbonyl (C=O) groups is 1. The zero-order chi connectivity index (χ0) is 14.6. The second-order valence-corrected chi connectivity index (χ2v) is 6.91. The van der Waals surface area contributed by atoms with Gasteiger partial charge in [0, 0.05) is 27.7 Å². The molecule has 1 atom stereocenters. The van der Waals surface area contributed by atoms with Crippen molar-refractivity contribution < 1.29 is 9.90 Å². The van der Waals surface area contributed by atoms with Gasteiger partial charge in [0.1, 0.15) is 0 Å². The number of hydrogen-bond donors (Lipinski definition) is 2. The smallest absolute Gasteiger partial charge is 0.251 e. The van der Waals surface area contributed by atoms with Crippen LogP contribution in [0.15, 0.2) is 22.7 Å². The van der Waals surface area contributed by atoms with Gasteiger partial charge >= 0.3 is 0 Å². The summed E-state index contributed by atoms with van der Waals surface area (Å²) in [6.45, 7) is 6.13. The van der Waals surface area contributed by atoms with E-state index >= 15 is 0 Å². The van der Waals surface area contributed by atoms with E-state index in [9.17, 15) is 4.79 Å². The van der Waals surface area contributed by atoms with Gasteiger partial charge in [-0.3, -0.25) is 4.79 Å². The van der Waals surface area contributed by atoms with Crippen LogP contribution in [0, 0.1) is 5.41 Å². The van der Waals surface area contributed by atoms with Crippen LogP contribution >= 0.6 is 27.5 Å². The first-order valence-corrected chi connectivity index (χ1v) is 7.29. The highest BCUT2D eigenvalue weighted by atomic mass is 79.9. The minimum absolute atomic E-state index is 0.0431. The molecule has 0 fully saturated rings. The summed E-state index contributed by atoms with van der Waals surface area (Å²) in [6, 6.07) is 4.98. The summed E-state index contributed by atoms with van der Waals surface area (Å²) in [5.74, 6) is -0.184. The molecule has 19 heavy (non-hydrogen) atoms. The van der Waals surface area contributed by atoms with Crippen molar-refractivity contribution in [2.75, 3.05) is 6.61 Å². The summed E-state index contributed by atoms with van der Waals surface area (Å²) >= 11 is 9.25. The molecule has 0 aliphatic rings. The van der Waals surface area contributed by atoms with Crippen LogP contribution < -0.4 is 5.32 Å². The second-order valence-electron chi connectivity index (χ2n) is 5.56. The molecule has 0 bridgehead atoms. The lowest BCUT2D eigenvalue weighted by molar-refractivity contribution is 0.0885. The van der Waals surface area contributed by atoms with E-state index in [0.29, 0.717) is 17.0 Å². The van der Waals surface area contributed by atoms with E-state index in [1.165, 1.54) is 0 Å². The number of hydrogen-bond acceptors (Lipinski definition) is 2. The number of nitrogens with one attached hydrogen (secondary N) is 1. The predicted molar refractivity (Wildman–Crippen MR) is 81.6 cm³/mol. The molecule has 106 valence electrons. The van der Waals surface area contributed by atoms with Gasteiger partial charge in [0.25, 0.3) is 5.91 Å². The minimum atomic E-state index is -0.184. The number of rotatable bonds is 4. The topological polar surface area (TPSA) is 49.3 Å². The number of carbonyl (C=O) groups excluding carboxylic acids is 1. The quantitative estimate of drug-likeness (QED) is 0.873. The van der Waals surface area contributed by atoms with Crippen molar-refractivity contribution in [3.05, 3.63) is 33.3 Å². The van der Waals surface area contributed by atoms with Gasteiger partial charge in [-0.1, -0.05) is 48.3 Å². The van der Waals surface area contributed by atoms with Crippen molar-refractivity contribution in [3.63, 3.8) is 0 Å². The lowest BCUT2D eigenvalue weighted by Crippen LogP contribution is -2.44. The normalized spacial score (nSPS) is 13.2. The average Bonchev–Trinajstić information content (AvgIpc) is 2.25. The first-order valence-electron chi connectivity index (χ1n) is 6.12. The van der Waals surface area contributed by atoms with Crippen LogP contribution in [0.5, 0.6) is 0 Å². The lowest BCUT2D eigenvalue weighted by Gasteiger charge is -2.31. The second kappa shape index (κ2) is 6.73. The maximum atomic E-state index is 12.2. The van der Waals surface area contributed by atoms with Crippen LogP contribution in [-0.2, 0) is 0 Å². The van der Waals surface area contributed by atoms with Crippen molar-refractivity contribution in [2.45, 2.75) is 33.2 Å². The van der Waals surface area contributed by atoms with Crippen molar-refractivity contribution in [1.82, 2.24) is 5.32 Å². The lowest BCUT2D eigenvalue weighted by atomic mass is 9.85. The molecule has 1 aromatic carbocycles. The molecule has 0 aliphatic carbocycles. The highest BCUT2D eigenvalue weighted by Gasteiger charge is 2.26. The molecule has 0 spiro atoms. The zero-order valence-electron chi connectivity index (χ0n) is 11.3. The van der Waals surface area contributed by atoms with Crippen LogP contribution in [-0.4, -0.2) is 23.7 Å². The molecular formula is C14H19BrClNO2. The Morgan fingerprint density at radius 3 is 2.53 bits per heavy atom. The highest BCUT2D eigenvalue weighted by molar-refractivity contribution is 9.10. The maximum absolute atomic E-state index is 12.2. The van der Waals surface area contributed by atoms with Crippen LogP contribution in [0.2, 0.25) is 5.02 Å². The summed E-state index contributed by atoms with van der Waals surface area (Å²) in [4.78, 5) is 12.2. The molecule has 1 unspecified atom stereocenters. The Morgan fingerprint density at radius 2 is 2.05 bits per heavy atom. The van der Waals surface area contributed by atoms with E-state index in [1.54, 1.807) is 18.2 Å². The Labute approximate surface area is 127 Å². The number of halogens is 2. The predicted octanol–water partition coefficient (Wildman–Crippen LogP) is 3.63. The van der Waals surface area contributed by atoms with Gasteiger partial charge < -0.3 is 10.4 Å². The van der Waals surface area contributed by atoms with E-state index < -0.39 is 0 Å². The van der Waals surface area contributed by atoms with Gasteiger partial charge in [-0.2, -0.15) is 0 Å². The Hall–Kier alpha value is -0.580. The molecule has 2 N–H and O–H groups in total. The molecule has 1 aromatic rings. The number of aliphatic hydroxyl groups excluding tert-OH is 1. The summed E-state index contributed by atoms with van der Waals surface area (Å²) in [5, 5.41) is 12.6. The molecular weight excluding hydrogens is 330 g/mol. The number of benzene rings is 1. The SMILES string of the molecule is CC(C)(C)C(CCO)NC(=O)c1cc(Cl)cc(Br)c1. The van der Waals surface area contributed by atoms with Gasteiger partial charge in [0.2, 0.25) is 0 Å². The van der Waals surface area contributed by atoms with Crippen LogP contribution in [0.1, 0.15) is 37.6 Å². The van der Waals surface area contributed by atoms with E-state index in [0.717, 1.165) is 4.47 Å². The van der Waals surface area contributed by atoms with Gasteiger partial charge in [0.15, 0.2) is 0 Å². The van der Waals surface area contributed by atoms with E-state index in [1.807, 2.05) is 20.8 Å². The van der Waals surface area contributed by atoms with Gasteiger partial charge in [-0.05, 0) is 30.0 Å². The molecule has 0 aliphatic heterocycles. The third kappa shape index (κ3) is 5.13. The zero-order valence-corrected chi connectivity index (χ0v) is 13.7. The Balaban J connectivity index is 2.87. The van der Waals surface area contributed by atoms with Crippen LogP contribution in [0.25, 0.3) is 0 Å². The fourth-order valence-electron chi connectivity index (χ4n) is 1.78. The van der Waals surface area contributed by atoms with Crippen molar-refractivity contribution >= 4 is 33.4 Å². The molecule has 3 nitrogen and oxygen atoms in total. The Bertz CT molecular complexity index is 437. The van der Waals surface area contributed by atoms with Gasteiger partial charge in [-0.25, -0.2) is 0 Å². The van der Waals surface area contributed by atoms with Gasteiger partial charge in [-0.15, -0.1) is 0 Å². The Kier molecular flexibility index (Phi) is 5.83. The van der Waals surface area contributed by atoms with Crippen molar-refractivity contribution in [3.8, 4) is 0 Å². The molecule has 0 heterocycles. The summed E-state index contributed by atoms with van der Waals surface area (Å²) in [7, 11) is 0. The molecule has 0 saturated carbocycles. The van der Waals surface area contributed by atoms with Gasteiger partial charge in [0.05, 0.1) is 0 Å². The summed E-state index contributed by atoms with van der Waals surface area (Å²) in [5.41, 5.74) is 0.389. The summed E-state index contributed by atoms with van der Waals surface area (Å²) < 4.78 is 0.764. The Morgan fingerprint density at radius 1 is 1.42 bits per heavy atom. The number of amides is 1.